The number of aryl methyl sites for hydroxylation is 2. The number of aromatic nitrogens is 2. The van der Waals surface area contributed by atoms with E-state index >= 15 is 0 Å². The number of aliphatic hydroxyl groups excluding tert-OH is 1. The van der Waals surface area contributed by atoms with Crippen LogP contribution in [0.1, 0.15) is 30.0 Å². The van der Waals surface area contributed by atoms with Crippen molar-refractivity contribution >= 4 is 0 Å². The molecule has 3 N–H and O–H groups in total. The van der Waals surface area contributed by atoms with Gasteiger partial charge in [-0.1, -0.05) is 0 Å². The molecule has 2 atom stereocenters. The van der Waals surface area contributed by atoms with Gasteiger partial charge in [0.2, 0.25) is 0 Å². The number of rotatable bonds is 6. The van der Waals surface area contributed by atoms with Crippen LogP contribution in [0.25, 0.3) is 0 Å². The van der Waals surface area contributed by atoms with E-state index in [0.29, 0.717) is 23.7 Å². The van der Waals surface area contributed by atoms with Crippen molar-refractivity contribution in [3.8, 4) is 0 Å². The smallest absolute Gasteiger partial charge is 0.255 e. The first-order valence-corrected chi connectivity index (χ1v) is 5.92. The Hall–Kier alpha value is -1.24. The third kappa shape index (κ3) is 3.63. The van der Waals surface area contributed by atoms with Gasteiger partial charge in [-0.25, -0.2) is 4.98 Å². The van der Waals surface area contributed by atoms with Crippen molar-refractivity contribution in [3.63, 3.8) is 0 Å². The molecule has 18 heavy (non-hydrogen) atoms. The van der Waals surface area contributed by atoms with Gasteiger partial charge in [-0.2, -0.15) is 0 Å². The minimum absolute atomic E-state index is 0.0472. The molecule has 0 aromatic carbocycles. The quantitative estimate of drug-likeness (QED) is 0.668. The average molecular weight is 255 g/mol. The first kappa shape index (κ1) is 14.8. The normalized spacial score (nSPS) is 14.5. The Morgan fingerprint density at radius 2 is 2.17 bits per heavy atom. The van der Waals surface area contributed by atoms with Crippen LogP contribution in [0.15, 0.2) is 4.79 Å². The summed E-state index contributed by atoms with van der Waals surface area (Å²) in [5, 5.41) is 12.3. The van der Waals surface area contributed by atoms with Gasteiger partial charge in [-0.15, -0.1) is 0 Å². The van der Waals surface area contributed by atoms with Gasteiger partial charge in [0, 0.05) is 18.8 Å². The van der Waals surface area contributed by atoms with Crippen LogP contribution in [0.4, 0.5) is 0 Å². The van der Waals surface area contributed by atoms with Gasteiger partial charge in [0.25, 0.3) is 5.56 Å². The third-order valence-corrected chi connectivity index (χ3v) is 2.77. The molecule has 0 saturated carbocycles. The van der Waals surface area contributed by atoms with E-state index in [0.717, 1.165) is 0 Å². The van der Waals surface area contributed by atoms with E-state index in [1.165, 1.54) is 0 Å². The van der Waals surface area contributed by atoms with E-state index in [-0.39, 0.29) is 24.2 Å². The number of nitrogens with zero attached hydrogens (tertiary/aromatic N) is 1. The van der Waals surface area contributed by atoms with Crippen molar-refractivity contribution < 1.29 is 9.84 Å². The Morgan fingerprint density at radius 3 is 2.67 bits per heavy atom. The van der Waals surface area contributed by atoms with E-state index in [1.54, 1.807) is 21.0 Å². The van der Waals surface area contributed by atoms with Crippen molar-refractivity contribution in [2.24, 2.45) is 0 Å². The van der Waals surface area contributed by atoms with Crippen LogP contribution in [0.3, 0.4) is 0 Å². The molecule has 0 aliphatic heterocycles. The van der Waals surface area contributed by atoms with E-state index in [2.05, 4.69) is 15.3 Å². The van der Waals surface area contributed by atoms with E-state index in [4.69, 9.17) is 4.74 Å². The summed E-state index contributed by atoms with van der Waals surface area (Å²) >= 11 is 0. The van der Waals surface area contributed by atoms with Crippen molar-refractivity contribution in [2.45, 2.75) is 32.9 Å². The molecule has 1 heterocycles. The lowest BCUT2D eigenvalue weighted by Gasteiger charge is -2.21. The van der Waals surface area contributed by atoms with Gasteiger partial charge in [0.15, 0.2) is 0 Å². The molecule has 1 aromatic heterocycles. The molecule has 102 valence electrons. The summed E-state index contributed by atoms with van der Waals surface area (Å²) in [6, 6.07) is -0.403. The molecule has 6 heteroatoms. The van der Waals surface area contributed by atoms with E-state index in [9.17, 15) is 9.90 Å². The minimum Gasteiger partial charge on any atom is -0.395 e. The van der Waals surface area contributed by atoms with Gasteiger partial charge >= 0.3 is 0 Å². The summed E-state index contributed by atoms with van der Waals surface area (Å²) in [6.45, 7) is 5.76. The highest BCUT2D eigenvalue weighted by Gasteiger charge is 2.18. The molecule has 2 unspecified atom stereocenters. The maximum Gasteiger partial charge on any atom is 0.255 e. The standard InChI is InChI=1S/C12H21N3O3/c1-7-11(12(17)15-9(3)13-7)8(2)14-10(5-16)6-18-4/h8,10,14,16H,5-6H2,1-4H3,(H,13,15,17). The summed E-state index contributed by atoms with van der Waals surface area (Å²) < 4.78 is 4.99. The van der Waals surface area contributed by atoms with Crippen molar-refractivity contribution in [1.29, 1.82) is 0 Å². The maximum absolute atomic E-state index is 11.9. The van der Waals surface area contributed by atoms with Gasteiger partial charge in [-0.05, 0) is 20.8 Å². The van der Waals surface area contributed by atoms with Crippen LogP contribution in [0, 0.1) is 13.8 Å². The molecule has 0 radical (unpaired) electrons. The van der Waals surface area contributed by atoms with Gasteiger partial charge in [0.1, 0.15) is 5.82 Å². The molecule has 0 spiro atoms. The van der Waals surface area contributed by atoms with Gasteiger partial charge in [-0.3, -0.25) is 4.79 Å². The molecule has 0 bridgehead atoms. The molecule has 0 aliphatic rings. The number of ether oxygens (including phenoxy) is 1. The highest BCUT2D eigenvalue weighted by molar-refractivity contribution is 5.20. The topological polar surface area (TPSA) is 87.2 Å². The second-order valence-corrected chi connectivity index (χ2v) is 4.37. The Morgan fingerprint density at radius 1 is 1.50 bits per heavy atom. The average Bonchev–Trinajstić information content (AvgIpc) is 2.26. The van der Waals surface area contributed by atoms with Crippen molar-refractivity contribution in [1.82, 2.24) is 15.3 Å². The summed E-state index contributed by atoms with van der Waals surface area (Å²) in [5.41, 5.74) is 1.15. The molecular formula is C12H21N3O3. The molecule has 0 fully saturated rings. The first-order valence-electron chi connectivity index (χ1n) is 5.92. The lowest BCUT2D eigenvalue weighted by Crippen LogP contribution is -2.40. The Bertz CT molecular complexity index is 445. The van der Waals surface area contributed by atoms with Gasteiger partial charge < -0.3 is 20.1 Å². The predicted molar refractivity (Wildman–Crippen MR) is 68.6 cm³/mol. The number of nitrogens with one attached hydrogen (secondary N) is 2. The first-order chi connectivity index (χ1) is 8.49. The number of H-pyrrole nitrogens is 1. The molecule has 0 amide bonds. The zero-order valence-electron chi connectivity index (χ0n) is 11.3. The summed E-state index contributed by atoms with van der Waals surface area (Å²) in [5.74, 6) is 0.601. The van der Waals surface area contributed by atoms with Crippen LogP contribution in [0.2, 0.25) is 0 Å². The molecule has 1 aromatic rings. The second-order valence-electron chi connectivity index (χ2n) is 4.37. The van der Waals surface area contributed by atoms with Crippen molar-refractivity contribution in [3.05, 3.63) is 27.4 Å². The van der Waals surface area contributed by atoms with Crippen LogP contribution in [-0.4, -0.2) is 41.4 Å². The Kier molecular flexibility index (Phi) is 5.46. The fourth-order valence-corrected chi connectivity index (χ4v) is 2.04. The summed E-state index contributed by atoms with van der Waals surface area (Å²) in [4.78, 5) is 18.8. The highest BCUT2D eigenvalue weighted by Crippen LogP contribution is 2.11. The van der Waals surface area contributed by atoms with Crippen molar-refractivity contribution in [2.75, 3.05) is 20.3 Å². The molecule has 0 saturated heterocycles. The highest BCUT2D eigenvalue weighted by atomic mass is 16.5. The molecule has 6 nitrogen and oxygen atoms in total. The fraction of sp³-hybridized carbons (Fsp3) is 0.667. The molecule has 0 aliphatic carbocycles. The maximum atomic E-state index is 11.9. The lowest BCUT2D eigenvalue weighted by atomic mass is 10.1. The Labute approximate surface area is 106 Å². The zero-order valence-corrected chi connectivity index (χ0v) is 11.3. The number of aromatic amines is 1. The molecule has 1 rings (SSSR count). The SMILES string of the molecule is COCC(CO)NC(C)c1c(C)nc(C)[nH]c1=O. The summed E-state index contributed by atoms with van der Waals surface area (Å²) in [7, 11) is 1.57. The number of methoxy groups -OCH3 is 1. The second kappa shape index (κ2) is 6.63. The van der Waals surface area contributed by atoms with Gasteiger partial charge in [0.05, 0.1) is 24.8 Å². The lowest BCUT2D eigenvalue weighted by molar-refractivity contribution is 0.123. The van der Waals surface area contributed by atoms with E-state index in [1.807, 2.05) is 6.92 Å². The minimum atomic E-state index is -0.204. The van der Waals surface area contributed by atoms with Crippen LogP contribution in [0.5, 0.6) is 0 Å². The monoisotopic (exact) mass is 255 g/mol. The zero-order chi connectivity index (χ0) is 13.7. The molecular weight excluding hydrogens is 234 g/mol. The Balaban J connectivity index is 2.90. The number of aliphatic hydroxyl groups is 1. The van der Waals surface area contributed by atoms with Crippen LogP contribution in [-0.2, 0) is 4.74 Å². The fourth-order valence-electron chi connectivity index (χ4n) is 2.04. The summed E-state index contributed by atoms with van der Waals surface area (Å²) in [6.07, 6.45) is 0. The third-order valence-electron chi connectivity index (χ3n) is 2.77. The van der Waals surface area contributed by atoms with Crippen LogP contribution < -0.4 is 10.9 Å². The largest absolute Gasteiger partial charge is 0.395 e. The van der Waals surface area contributed by atoms with Crippen LogP contribution >= 0.6 is 0 Å². The van der Waals surface area contributed by atoms with E-state index < -0.39 is 0 Å². The number of hydrogen-bond donors (Lipinski definition) is 3. The number of hydrogen-bond acceptors (Lipinski definition) is 5. The predicted octanol–water partition coefficient (Wildman–Crippen LogP) is 0.0446.